The van der Waals surface area contributed by atoms with E-state index in [0.717, 1.165) is 44.4 Å². The summed E-state index contributed by atoms with van der Waals surface area (Å²) in [7, 11) is -4.73. The lowest BCUT2D eigenvalue weighted by Gasteiger charge is -2.18. The van der Waals surface area contributed by atoms with Crippen LogP contribution in [0.4, 0.5) is 0 Å². The van der Waals surface area contributed by atoms with E-state index in [9.17, 15) is 14.2 Å². The minimum atomic E-state index is -4.73. The van der Waals surface area contributed by atoms with Gasteiger partial charge >= 0.3 is 19.8 Å². The fraction of sp³-hybridized carbons (Fsp3) is 0.947. The van der Waals surface area contributed by atoms with Crippen molar-refractivity contribution in [3.8, 4) is 0 Å². The summed E-state index contributed by atoms with van der Waals surface area (Å²) in [6.07, 6.45) is 32.8. The van der Waals surface area contributed by atoms with Crippen molar-refractivity contribution < 1.29 is 37.9 Å². The number of phosphoric acid groups is 1. The summed E-state index contributed by atoms with van der Waals surface area (Å²) >= 11 is 0. The van der Waals surface area contributed by atoms with E-state index in [-0.39, 0.29) is 19.4 Å². The highest BCUT2D eigenvalue weighted by Crippen LogP contribution is 2.36. The van der Waals surface area contributed by atoms with Gasteiger partial charge in [0.15, 0.2) is 6.10 Å². The predicted molar refractivity (Wildman–Crippen MR) is 193 cm³/mol. The number of rotatable bonds is 36. The standard InChI is InChI=1S/C38H75O8P/c1-4-6-7-8-21-26-29-32-38(40)46-36(34-45-47(41,42)43)33-44-37(39)31-28-25-23-20-18-16-14-12-10-9-11-13-15-17-19-22-24-27-30-35(3)5-2/h35-36H,4-34H2,1-3H3,(H2,41,42,43)/t35?,36-/m1/s1. The molecule has 47 heavy (non-hydrogen) atoms. The average Bonchev–Trinajstić information content (AvgIpc) is 3.04. The Hall–Kier alpha value is -0.950. The largest absolute Gasteiger partial charge is 0.469 e. The quantitative estimate of drug-likeness (QED) is 0.0379. The molecule has 0 amide bonds. The van der Waals surface area contributed by atoms with Crippen LogP contribution in [0, 0.1) is 5.92 Å². The van der Waals surface area contributed by atoms with Crippen LogP contribution < -0.4 is 0 Å². The lowest BCUT2D eigenvalue weighted by molar-refractivity contribution is -0.161. The maximum absolute atomic E-state index is 12.2. The van der Waals surface area contributed by atoms with Crippen molar-refractivity contribution in [1.82, 2.24) is 0 Å². The molecule has 0 aliphatic rings. The van der Waals surface area contributed by atoms with Crippen LogP contribution in [0.25, 0.3) is 0 Å². The Morgan fingerprint density at radius 1 is 0.553 bits per heavy atom. The molecule has 2 atom stereocenters. The van der Waals surface area contributed by atoms with Gasteiger partial charge in [-0.2, -0.15) is 0 Å². The highest BCUT2D eigenvalue weighted by molar-refractivity contribution is 7.46. The van der Waals surface area contributed by atoms with Gasteiger partial charge in [-0.05, 0) is 18.8 Å². The monoisotopic (exact) mass is 691 g/mol. The third-order valence-electron chi connectivity index (χ3n) is 9.17. The highest BCUT2D eigenvalue weighted by atomic mass is 31.2. The molecule has 0 spiro atoms. The lowest BCUT2D eigenvalue weighted by atomic mass is 9.99. The van der Waals surface area contributed by atoms with Crippen molar-refractivity contribution in [2.45, 2.75) is 213 Å². The molecule has 0 saturated heterocycles. The Morgan fingerprint density at radius 3 is 1.34 bits per heavy atom. The van der Waals surface area contributed by atoms with Crippen molar-refractivity contribution in [2.24, 2.45) is 5.92 Å². The molecule has 2 N–H and O–H groups in total. The van der Waals surface area contributed by atoms with Crippen molar-refractivity contribution in [2.75, 3.05) is 13.2 Å². The van der Waals surface area contributed by atoms with Crippen LogP contribution >= 0.6 is 7.82 Å². The number of esters is 2. The Labute approximate surface area is 289 Å². The molecule has 0 aromatic rings. The Bertz CT molecular complexity index is 756. The number of carbonyl (C=O) groups excluding carboxylic acids is 2. The van der Waals surface area contributed by atoms with E-state index in [1.165, 1.54) is 128 Å². The van der Waals surface area contributed by atoms with Gasteiger partial charge in [0.25, 0.3) is 0 Å². The van der Waals surface area contributed by atoms with Crippen LogP contribution in [0.2, 0.25) is 0 Å². The maximum atomic E-state index is 12.2. The molecular formula is C38H75O8P. The molecule has 0 fully saturated rings. The lowest BCUT2D eigenvalue weighted by Crippen LogP contribution is -2.29. The van der Waals surface area contributed by atoms with Crippen molar-refractivity contribution in [1.29, 1.82) is 0 Å². The fourth-order valence-electron chi connectivity index (χ4n) is 5.82. The average molecular weight is 691 g/mol. The van der Waals surface area contributed by atoms with Crippen LogP contribution in [0.3, 0.4) is 0 Å². The van der Waals surface area contributed by atoms with Crippen LogP contribution in [0.5, 0.6) is 0 Å². The smallest absolute Gasteiger partial charge is 0.462 e. The van der Waals surface area contributed by atoms with Gasteiger partial charge in [0.05, 0.1) is 6.61 Å². The van der Waals surface area contributed by atoms with Gasteiger partial charge in [-0.15, -0.1) is 0 Å². The van der Waals surface area contributed by atoms with E-state index in [0.29, 0.717) is 6.42 Å². The number of phosphoric ester groups is 1. The van der Waals surface area contributed by atoms with E-state index < -0.39 is 32.5 Å². The maximum Gasteiger partial charge on any atom is 0.469 e. The molecule has 0 bridgehead atoms. The van der Waals surface area contributed by atoms with Gasteiger partial charge in [0.1, 0.15) is 6.61 Å². The molecule has 8 nitrogen and oxygen atoms in total. The van der Waals surface area contributed by atoms with Crippen molar-refractivity contribution in [3.05, 3.63) is 0 Å². The van der Waals surface area contributed by atoms with Gasteiger partial charge in [0.2, 0.25) is 0 Å². The van der Waals surface area contributed by atoms with Crippen molar-refractivity contribution >= 4 is 19.8 Å². The molecule has 1 unspecified atom stereocenters. The highest BCUT2D eigenvalue weighted by Gasteiger charge is 2.22. The van der Waals surface area contributed by atoms with E-state index in [2.05, 4.69) is 25.3 Å². The predicted octanol–water partition coefficient (Wildman–Crippen LogP) is 11.5. The van der Waals surface area contributed by atoms with Crippen LogP contribution in [-0.2, 0) is 28.2 Å². The first-order valence-electron chi connectivity index (χ1n) is 19.7. The number of hydrogen-bond acceptors (Lipinski definition) is 6. The summed E-state index contributed by atoms with van der Waals surface area (Å²) in [4.78, 5) is 42.5. The van der Waals surface area contributed by atoms with E-state index in [1.807, 2.05) is 0 Å². The number of hydrogen-bond donors (Lipinski definition) is 2. The Morgan fingerprint density at radius 2 is 0.936 bits per heavy atom. The summed E-state index contributed by atoms with van der Waals surface area (Å²) < 4.78 is 26.2. The van der Waals surface area contributed by atoms with Crippen LogP contribution in [-0.4, -0.2) is 41.0 Å². The van der Waals surface area contributed by atoms with Gasteiger partial charge < -0.3 is 19.3 Å². The first-order valence-corrected chi connectivity index (χ1v) is 21.3. The summed E-state index contributed by atoms with van der Waals surface area (Å²) in [5, 5.41) is 0. The van der Waals surface area contributed by atoms with E-state index in [4.69, 9.17) is 19.3 Å². The summed E-state index contributed by atoms with van der Waals surface area (Å²) in [5.74, 6) is 0.0225. The topological polar surface area (TPSA) is 119 Å². The zero-order chi connectivity index (χ0) is 34.9. The third kappa shape index (κ3) is 36.2. The van der Waals surface area contributed by atoms with Crippen LogP contribution in [0.1, 0.15) is 207 Å². The minimum Gasteiger partial charge on any atom is -0.462 e. The van der Waals surface area contributed by atoms with Gasteiger partial charge in [-0.3, -0.25) is 14.1 Å². The zero-order valence-corrected chi connectivity index (χ0v) is 31.8. The van der Waals surface area contributed by atoms with Gasteiger partial charge in [-0.25, -0.2) is 4.57 Å². The molecule has 0 aromatic heterocycles. The molecule has 0 aromatic carbocycles. The fourth-order valence-corrected chi connectivity index (χ4v) is 6.18. The molecule has 0 heterocycles. The summed E-state index contributed by atoms with van der Waals surface area (Å²) in [6.45, 7) is 6.03. The SMILES string of the molecule is CCCCCCCCCC(=O)O[C@H](COC(=O)CCCCCCCCCCCCCCCCCCCCC(C)CC)COP(=O)(O)O. The normalized spacial score (nSPS) is 13.0. The van der Waals surface area contributed by atoms with E-state index in [1.54, 1.807) is 0 Å². The molecular weight excluding hydrogens is 615 g/mol. The molecule has 0 aliphatic carbocycles. The zero-order valence-electron chi connectivity index (χ0n) is 30.9. The van der Waals surface area contributed by atoms with E-state index >= 15 is 0 Å². The summed E-state index contributed by atoms with van der Waals surface area (Å²) in [5.41, 5.74) is 0. The molecule has 9 heteroatoms. The second-order valence-electron chi connectivity index (χ2n) is 13.9. The van der Waals surface area contributed by atoms with Crippen molar-refractivity contribution in [3.63, 3.8) is 0 Å². The first kappa shape index (κ1) is 46.0. The molecule has 0 radical (unpaired) electrons. The molecule has 0 saturated carbocycles. The Balaban J connectivity index is 3.73. The molecule has 280 valence electrons. The molecule has 0 aliphatic heterocycles. The van der Waals surface area contributed by atoms with Gasteiger partial charge in [-0.1, -0.05) is 181 Å². The van der Waals surface area contributed by atoms with Gasteiger partial charge in [0, 0.05) is 12.8 Å². The number of ether oxygens (including phenoxy) is 2. The second kappa shape index (κ2) is 33.5. The first-order chi connectivity index (χ1) is 22.7. The Kier molecular flexibility index (Phi) is 32.9. The summed E-state index contributed by atoms with van der Waals surface area (Å²) in [6, 6.07) is 0. The molecule has 0 rings (SSSR count). The third-order valence-corrected chi connectivity index (χ3v) is 9.65. The minimum absolute atomic E-state index is 0.215. The second-order valence-corrected chi connectivity index (χ2v) is 15.1. The number of unbranched alkanes of at least 4 members (excludes halogenated alkanes) is 23. The van der Waals surface area contributed by atoms with Crippen LogP contribution in [0.15, 0.2) is 0 Å². The number of carbonyl (C=O) groups is 2.